The molecule has 1 atom stereocenters. The van der Waals surface area contributed by atoms with E-state index in [1.165, 1.54) is 0 Å². The van der Waals surface area contributed by atoms with Crippen LogP contribution in [0.25, 0.3) is 0 Å². The Morgan fingerprint density at radius 3 is 2.11 bits per heavy atom. The van der Waals surface area contributed by atoms with Gasteiger partial charge in [-0.3, -0.25) is 0 Å². The predicted octanol–water partition coefficient (Wildman–Crippen LogP) is 0.995. The molecule has 0 aromatic carbocycles. The maximum absolute atomic E-state index is 10.3. The molecule has 58 valence electrons. The molecule has 0 amide bonds. The molecular weight excluding hydrogens is 140 g/mol. The van der Waals surface area contributed by atoms with Crippen molar-refractivity contribution in [2.45, 2.75) is 20.3 Å². The van der Waals surface area contributed by atoms with E-state index in [0.29, 0.717) is 0 Å². The summed E-state index contributed by atoms with van der Waals surface area (Å²) >= 11 is 0. The van der Waals surface area contributed by atoms with E-state index in [-0.39, 0.29) is 11.7 Å². The fourth-order valence-corrected chi connectivity index (χ4v) is 1.61. The van der Waals surface area contributed by atoms with Crippen molar-refractivity contribution >= 4 is 10.5 Å². The van der Waals surface area contributed by atoms with Crippen LogP contribution in [0.3, 0.4) is 0 Å². The van der Waals surface area contributed by atoms with Crippen LogP contribution >= 0.6 is 0 Å². The summed E-state index contributed by atoms with van der Waals surface area (Å²) in [6.45, 7) is 3.75. The SMILES string of the molecule is CCC(C)C[SH](=O)(O)O. The van der Waals surface area contributed by atoms with E-state index >= 15 is 0 Å². The van der Waals surface area contributed by atoms with Crippen molar-refractivity contribution in [3.63, 3.8) is 0 Å². The van der Waals surface area contributed by atoms with Gasteiger partial charge in [-0.1, -0.05) is 20.3 Å². The van der Waals surface area contributed by atoms with Gasteiger partial charge < -0.3 is 9.11 Å². The first-order valence-electron chi connectivity index (χ1n) is 3.00. The van der Waals surface area contributed by atoms with Crippen LogP contribution in [0.2, 0.25) is 0 Å². The Morgan fingerprint density at radius 2 is 2.00 bits per heavy atom. The Balaban J connectivity index is 3.60. The van der Waals surface area contributed by atoms with Crippen molar-refractivity contribution < 1.29 is 13.3 Å². The zero-order chi connectivity index (χ0) is 7.49. The minimum atomic E-state index is -3.74. The van der Waals surface area contributed by atoms with Gasteiger partial charge in [0.15, 0.2) is 0 Å². The van der Waals surface area contributed by atoms with Gasteiger partial charge in [-0.15, -0.1) is 0 Å². The summed E-state index contributed by atoms with van der Waals surface area (Å²) in [6, 6.07) is 0. The maximum atomic E-state index is 10.3. The zero-order valence-electron chi connectivity index (χ0n) is 5.74. The average Bonchev–Trinajstić information content (AvgIpc) is 1.62. The quantitative estimate of drug-likeness (QED) is 0.531. The molecule has 0 rings (SSSR count). The van der Waals surface area contributed by atoms with Gasteiger partial charge in [0.1, 0.15) is 0 Å². The summed E-state index contributed by atoms with van der Waals surface area (Å²) in [7, 11) is -3.74. The summed E-state index contributed by atoms with van der Waals surface area (Å²) in [5.74, 6) is 0.148. The molecule has 0 saturated carbocycles. The first kappa shape index (κ1) is 9.07. The summed E-state index contributed by atoms with van der Waals surface area (Å²) in [5, 5.41) is 0. The normalized spacial score (nSPS) is 17.3. The molecule has 0 aliphatic heterocycles. The third kappa shape index (κ3) is 5.95. The minimum Gasteiger partial charge on any atom is -0.310 e. The van der Waals surface area contributed by atoms with Crippen LogP contribution in [0.15, 0.2) is 0 Å². The molecule has 3 nitrogen and oxygen atoms in total. The summed E-state index contributed by atoms with van der Waals surface area (Å²) < 4.78 is 27.2. The van der Waals surface area contributed by atoms with Crippen LogP contribution in [0, 0.1) is 5.92 Å². The second-order valence-electron chi connectivity index (χ2n) is 2.36. The molecule has 2 N–H and O–H groups in total. The topological polar surface area (TPSA) is 57.5 Å². The van der Waals surface area contributed by atoms with Crippen molar-refractivity contribution in [3.8, 4) is 0 Å². The third-order valence-electron chi connectivity index (χ3n) is 1.25. The van der Waals surface area contributed by atoms with E-state index in [1.54, 1.807) is 0 Å². The molecule has 0 heterocycles. The van der Waals surface area contributed by atoms with Crippen LogP contribution in [-0.4, -0.2) is 19.1 Å². The highest BCUT2D eigenvalue weighted by atomic mass is 32.3. The second kappa shape index (κ2) is 3.29. The second-order valence-corrected chi connectivity index (χ2v) is 4.06. The number of rotatable bonds is 3. The molecule has 0 radical (unpaired) electrons. The molecular formula is C5H14O3S. The van der Waals surface area contributed by atoms with Crippen LogP contribution in [0.1, 0.15) is 20.3 Å². The monoisotopic (exact) mass is 154 g/mol. The Morgan fingerprint density at radius 1 is 1.56 bits per heavy atom. The highest BCUT2D eigenvalue weighted by Gasteiger charge is 2.08. The molecule has 9 heavy (non-hydrogen) atoms. The Labute approximate surface area is 56.5 Å². The van der Waals surface area contributed by atoms with Crippen LogP contribution < -0.4 is 0 Å². The van der Waals surface area contributed by atoms with E-state index in [4.69, 9.17) is 9.11 Å². The standard InChI is InChI=1S/C5H14O3S/c1-3-5(2)4-9(6,7)8/h5,9H,3-4H2,1-2H3,(H2,6,7,8). The lowest BCUT2D eigenvalue weighted by molar-refractivity contribution is 0.411. The van der Waals surface area contributed by atoms with Gasteiger partial charge in [0.25, 0.3) is 0 Å². The van der Waals surface area contributed by atoms with Crippen molar-refractivity contribution in [1.82, 2.24) is 0 Å². The Bertz CT molecular complexity index is 117. The van der Waals surface area contributed by atoms with Crippen LogP contribution in [0.5, 0.6) is 0 Å². The number of thiol groups is 1. The maximum Gasteiger partial charge on any atom is 0.0735 e. The van der Waals surface area contributed by atoms with Gasteiger partial charge in [0.05, 0.1) is 10.5 Å². The molecule has 0 spiro atoms. The molecule has 4 heteroatoms. The van der Waals surface area contributed by atoms with E-state index in [9.17, 15) is 4.21 Å². The largest absolute Gasteiger partial charge is 0.310 e. The summed E-state index contributed by atoms with van der Waals surface area (Å²) in [6.07, 6.45) is 0.825. The fraction of sp³-hybridized carbons (Fsp3) is 1.00. The predicted molar refractivity (Wildman–Crippen MR) is 39.1 cm³/mol. The molecule has 0 aliphatic carbocycles. The first-order valence-corrected chi connectivity index (χ1v) is 4.80. The minimum absolute atomic E-state index is 0.0174. The smallest absolute Gasteiger partial charge is 0.0735 e. The summed E-state index contributed by atoms with van der Waals surface area (Å²) in [5.41, 5.74) is 0. The van der Waals surface area contributed by atoms with Gasteiger partial charge >= 0.3 is 0 Å². The lowest BCUT2D eigenvalue weighted by atomic mass is 10.2. The van der Waals surface area contributed by atoms with Crippen molar-refractivity contribution in [2.75, 3.05) is 5.75 Å². The van der Waals surface area contributed by atoms with Crippen molar-refractivity contribution in [1.29, 1.82) is 0 Å². The van der Waals surface area contributed by atoms with E-state index < -0.39 is 10.5 Å². The van der Waals surface area contributed by atoms with Crippen LogP contribution in [0.4, 0.5) is 0 Å². The van der Waals surface area contributed by atoms with Gasteiger partial charge in [-0.05, 0) is 5.92 Å². The molecule has 0 fully saturated rings. The highest BCUT2D eigenvalue weighted by Crippen LogP contribution is 2.06. The summed E-state index contributed by atoms with van der Waals surface area (Å²) in [4.78, 5) is 0. The first-order chi connectivity index (χ1) is 3.95. The Hall–Kier alpha value is 0.0700. The van der Waals surface area contributed by atoms with Gasteiger partial charge in [-0.2, -0.15) is 0 Å². The van der Waals surface area contributed by atoms with E-state index in [1.807, 2.05) is 13.8 Å². The highest BCUT2D eigenvalue weighted by molar-refractivity contribution is 7.92. The Kier molecular flexibility index (Phi) is 3.32. The molecule has 0 aromatic heterocycles. The molecule has 0 bridgehead atoms. The average molecular weight is 154 g/mol. The molecule has 0 aliphatic rings. The van der Waals surface area contributed by atoms with Crippen molar-refractivity contribution in [3.05, 3.63) is 0 Å². The van der Waals surface area contributed by atoms with Gasteiger partial charge in [-0.25, -0.2) is 4.21 Å². The fourth-order valence-electron chi connectivity index (χ4n) is 0.535. The lowest BCUT2D eigenvalue weighted by Crippen LogP contribution is -2.18. The number of hydrogen-bond donors (Lipinski definition) is 3. The zero-order valence-corrected chi connectivity index (χ0v) is 6.64. The molecule has 0 saturated heterocycles. The van der Waals surface area contributed by atoms with Crippen molar-refractivity contribution in [2.24, 2.45) is 5.92 Å². The third-order valence-corrected chi connectivity index (χ3v) is 2.35. The van der Waals surface area contributed by atoms with Gasteiger partial charge in [0.2, 0.25) is 0 Å². The number of hydrogen-bond acceptors (Lipinski definition) is 1. The molecule has 0 aromatic rings. The molecule has 1 unspecified atom stereocenters. The van der Waals surface area contributed by atoms with Gasteiger partial charge in [0, 0.05) is 5.75 Å². The lowest BCUT2D eigenvalue weighted by Gasteiger charge is -2.13. The van der Waals surface area contributed by atoms with E-state index in [2.05, 4.69) is 0 Å². The van der Waals surface area contributed by atoms with Crippen LogP contribution in [-0.2, 0) is 10.5 Å². The van der Waals surface area contributed by atoms with E-state index in [0.717, 1.165) is 6.42 Å².